The SMILES string of the molecule is COC(=O)c1ccc2nc(-c3ccc4c(c3)CCC(=O)N4)cn2c1. The first kappa shape index (κ1) is 14.4. The van der Waals surface area contributed by atoms with E-state index < -0.39 is 0 Å². The van der Waals surface area contributed by atoms with Gasteiger partial charge in [0.15, 0.2) is 0 Å². The average molecular weight is 321 g/mol. The fourth-order valence-electron chi connectivity index (χ4n) is 2.91. The molecule has 6 heteroatoms. The molecular formula is C18H15N3O3. The zero-order valence-corrected chi connectivity index (χ0v) is 13.1. The van der Waals surface area contributed by atoms with E-state index in [1.165, 1.54) is 7.11 Å². The van der Waals surface area contributed by atoms with E-state index in [2.05, 4.69) is 16.4 Å². The maximum atomic E-state index is 11.6. The maximum absolute atomic E-state index is 11.6. The highest BCUT2D eigenvalue weighted by Gasteiger charge is 2.16. The molecule has 3 heterocycles. The van der Waals surface area contributed by atoms with Gasteiger partial charge in [-0.05, 0) is 36.2 Å². The average Bonchev–Trinajstić information content (AvgIpc) is 3.03. The Hall–Kier alpha value is -3.15. The summed E-state index contributed by atoms with van der Waals surface area (Å²) in [7, 11) is 1.36. The van der Waals surface area contributed by atoms with Gasteiger partial charge in [-0.1, -0.05) is 6.07 Å². The quantitative estimate of drug-likeness (QED) is 0.737. The highest BCUT2D eigenvalue weighted by atomic mass is 16.5. The topological polar surface area (TPSA) is 72.7 Å². The van der Waals surface area contributed by atoms with E-state index in [1.807, 2.05) is 22.7 Å². The van der Waals surface area contributed by atoms with Crippen LogP contribution in [0.25, 0.3) is 16.9 Å². The number of nitrogens with one attached hydrogen (secondary N) is 1. The van der Waals surface area contributed by atoms with Crippen LogP contribution in [-0.2, 0) is 16.0 Å². The van der Waals surface area contributed by atoms with Gasteiger partial charge in [-0.15, -0.1) is 0 Å². The summed E-state index contributed by atoms with van der Waals surface area (Å²) in [5, 5.41) is 2.88. The van der Waals surface area contributed by atoms with Gasteiger partial charge in [0.05, 0.1) is 18.4 Å². The number of carbonyl (C=O) groups is 2. The van der Waals surface area contributed by atoms with Crippen molar-refractivity contribution in [3.05, 3.63) is 53.9 Å². The minimum absolute atomic E-state index is 0.0540. The maximum Gasteiger partial charge on any atom is 0.339 e. The number of anilines is 1. The monoisotopic (exact) mass is 321 g/mol. The van der Waals surface area contributed by atoms with Crippen molar-refractivity contribution in [2.45, 2.75) is 12.8 Å². The summed E-state index contributed by atoms with van der Waals surface area (Å²) in [5.74, 6) is -0.324. The second kappa shape index (κ2) is 5.49. The van der Waals surface area contributed by atoms with Gasteiger partial charge in [-0.2, -0.15) is 0 Å². The number of hydrogen-bond donors (Lipinski definition) is 1. The number of fused-ring (bicyclic) bond motifs is 2. The van der Waals surface area contributed by atoms with E-state index in [4.69, 9.17) is 4.74 Å². The molecule has 0 radical (unpaired) electrons. The van der Waals surface area contributed by atoms with Crippen LogP contribution < -0.4 is 5.32 Å². The van der Waals surface area contributed by atoms with Crippen LogP contribution in [-0.4, -0.2) is 28.4 Å². The molecule has 1 N–H and O–H groups in total. The van der Waals surface area contributed by atoms with Gasteiger partial charge >= 0.3 is 5.97 Å². The van der Waals surface area contributed by atoms with Crippen LogP contribution in [0.15, 0.2) is 42.7 Å². The summed E-state index contributed by atoms with van der Waals surface area (Å²) >= 11 is 0. The number of aryl methyl sites for hydroxylation is 1. The largest absolute Gasteiger partial charge is 0.465 e. The third-order valence-corrected chi connectivity index (χ3v) is 4.17. The smallest absolute Gasteiger partial charge is 0.339 e. The van der Waals surface area contributed by atoms with Crippen molar-refractivity contribution >= 4 is 23.2 Å². The highest BCUT2D eigenvalue weighted by Crippen LogP contribution is 2.28. The Balaban J connectivity index is 1.74. The highest BCUT2D eigenvalue weighted by molar-refractivity contribution is 5.94. The number of rotatable bonds is 2. The van der Waals surface area contributed by atoms with Crippen molar-refractivity contribution in [2.75, 3.05) is 12.4 Å². The predicted octanol–water partition coefficient (Wildman–Crippen LogP) is 2.67. The lowest BCUT2D eigenvalue weighted by molar-refractivity contribution is -0.116. The summed E-state index contributed by atoms with van der Waals surface area (Å²) in [6.45, 7) is 0. The number of carbonyl (C=O) groups excluding carboxylic acids is 2. The number of amides is 1. The molecule has 0 saturated heterocycles. The molecule has 1 aromatic carbocycles. The van der Waals surface area contributed by atoms with Crippen molar-refractivity contribution in [3.8, 4) is 11.3 Å². The van der Waals surface area contributed by atoms with Gasteiger partial charge in [-0.3, -0.25) is 4.79 Å². The van der Waals surface area contributed by atoms with E-state index in [9.17, 15) is 9.59 Å². The Kier molecular flexibility index (Phi) is 3.30. The van der Waals surface area contributed by atoms with Crippen LogP contribution >= 0.6 is 0 Å². The molecular weight excluding hydrogens is 306 g/mol. The van der Waals surface area contributed by atoms with E-state index in [-0.39, 0.29) is 11.9 Å². The predicted molar refractivity (Wildman–Crippen MR) is 88.9 cm³/mol. The van der Waals surface area contributed by atoms with E-state index in [1.54, 1.807) is 18.3 Å². The second-order valence-corrected chi connectivity index (χ2v) is 5.72. The first-order valence-electron chi connectivity index (χ1n) is 7.64. The molecule has 0 bridgehead atoms. The zero-order valence-electron chi connectivity index (χ0n) is 13.1. The lowest BCUT2D eigenvalue weighted by Crippen LogP contribution is -2.18. The molecule has 120 valence electrons. The third kappa shape index (κ3) is 2.42. The van der Waals surface area contributed by atoms with Gasteiger partial charge in [0, 0.05) is 30.1 Å². The molecule has 1 aliphatic rings. The van der Waals surface area contributed by atoms with Gasteiger partial charge in [0.2, 0.25) is 5.91 Å². The Morgan fingerprint density at radius 3 is 2.92 bits per heavy atom. The van der Waals surface area contributed by atoms with Crippen LogP contribution in [0.4, 0.5) is 5.69 Å². The number of benzene rings is 1. The number of nitrogens with zero attached hydrogens (tertiary/aromatic N) is 2. The summed E-state index contributed by atoms with van der Waals surface area (Å²) < 4.78 is 6.55. The molecule has 2 aromatic heterocycles. The molecule has 0 atom stereocenters. The molecule has 4 rings (SSSR count). The van der Waals surface area contributed by atoms with Crippen LogP contribution in [0.2, 0.25) is 0 Å². The molecule has 6 nitrogen and oxygen atoms in total. The summed E-state index contributed by atoms with van der Waals surface area (Å²) in [6.07, 6.45) is 4.82. The molecule has 3 aromatic rings. The van der Waals surface area contributed by atoms with Crippen LogP contribution in [0, 0.1) is 0 Å². The Morgan fingerprint density at radius 2 is 2.08 bits per heavy atom. The van der Waals surface area contributed by atoms with Crippen molar-refractivity contribution in [3.63, 3.8) is 0 Å². The summed E-state index contributed by atoms with van der Waals surface area (Å²) in [5.41, 5.74) is 5.00. The van der Waals surface area contributed by atoms with E-state index in [0.717, 1.165) is 34.6 Å². The Bertz CT molecular complexity index is 975. The first-order chi connectivity index (χ1) is 11.6. The molecule has 24 heavy (non-hydrogen) atoms. The number of imidazole rings is 1. The minimum atomic E-state index is -0.378. The standard InChI is InChI=1S/C18H15N3O3/c1-24-18(23)13-3-6-16-19-15(10-21(16)9-13)12-2-5-14-11(8-12)4-7-17(22)20-14/h2-3,5-6,8-10H,4,7H2,1H3,(H,20,22). The molecule has 0 fully saturated rings. The second-order valence-electron chi connectivity index (χ2n) is 5.72. The fraction of sp³-hybridized carbons (Fsp3) is 0.167. The Morgan fingerprint density at radius 1 is 1.21 bits per heavy atom. The first-order valence-corrected chi connectivity index (χ1v) is 7.64. The molecule has 1 aliphatic heterocycles. The number of pyridine rings is 1. The van der Waals surface area contributed by atoms with Gasteiger partial charge in [0.25, 0.3) is 0 Å². The number of methoxy groups -OCH3 is 1. The lowest BCUT2D eigenvalue weighted by atomic mass is 9.99. The van der Waals surface area contributed by atoms with Crippen LogP contribution in [0.1, 0.15) is 22.3 Å². The number of ether oxygens (including phenoxy) is 1. The van der Waals surface area contributed by atoms with Crippen molar-refractivity contribution in [1.29, 1.82) is 0 Å². The third-order valence-electron chi connectivity index (χ3n) is 4.17. The van der Waals surface area contributed by atoms with Crippen molar-refractivity contribution in [2.24, 2.45) is 0 Å². The van der Waals surface area contributed by atoms with Crippen LogP contribution in [0.5, 0.6) is 0 Å². The van der Waals surface area contributed by atoms with Gasteiger partial charge < -0.3 is 14.5 Å². The van der Waals surface area contributed by atoms with Crippen molar-refractivity contribution < 1.29 is 14.3 Å². The molecule has 0 aliphatic carbocycles. The van der Waals surface area contributed by atoms with Gasteiger partial charge in [0.1, 0.15) is 5.65 Å². The minimum Gasteiger partial charge on any atom is -0.465 e. The van der Waals surface area contributed by atoms with E-state index in [0.29, 0.717) is 12.0 Å². The Labute approximate surface area is 138 Å². The van der Waals surface area contributed by atoms with Gasteiger partial charge in [-0.25, -0.2) is 9.78 Å². The van der Waals surface area contributed by atoms with E-state index >= 15 is 0 Å². The number of esters is 1. The molecule has 0 unspecified atom stereocenters. The molecule has 1 amide bonds. The molecule has 0 spiro atoms. The molecule has 0 saturated carbocycles. The summed E-state index contributed by atoms with van der Waals surface area (Å²) in [4.78, 5) is 27.7. The number of hydrogen-bond acceptors (Lipinski definition) is 4. The zero-order chi connectivity index (χ0) is 16.7. The normalized spacial score (nSPS) is 13.5. The van der Waals surface area contributed by atoms with Crippen molar-refractivity contribution in [1.82, 2.24) is 9.38 Å². The fourth-order valence-corrected chi connectivity index (χ4v) is 2.91. The summed E-state index contributed by atoms with van der Waals surface area (Å²) in [6, 6.07) is 9.38. The van der Waals surface area contributed by atoms with Crippen LogP contribution in [0.3, 0.4) is 0 Å². The lowest BCUT2D eigenvalue weighted by Gasteiger charge is -2.17. The number of aromatic nitrogens is 2.